The molecule has 5 nitrogen and oxygen atoms in total. The molecule has 0 aromatic carbocycles. The zero-order valence-corrected chi connectivity index (χ0v) is 9.45. The summed E-state index contributed by atoms with van der Waals surface area (Å²) in [5.74, 6) is 0.524. The van der Waals surface area contributed by atoms with Gasteiger partial charge in [0.05, 0.1) is 18.9 Å². The molecule has 0 unspecified atom stereocenters. The zero-order chi connectivity index (χ0) is 11.3. The number of aromatic nitrogens is 2. The minimum absolute atomic E-state index is 0.0539. The number of nitrogens with one attached hydrogen (secondary N) is 1. The lowest BCUT2D eigenvalue weighted by molar-refractivity contribution is -0.119. The van der Waals surface area contributed by atoms with Gasteiger partial charge in [0.1, 0.15) is 11.0 Å². The number of hydrogen-bond donors (Lipinski definition) is 1. The lowest BCUT2D eigenvalue weighted by Gasteiger charge is -2.16. The van der Waals surface area contributed by atoms with Crippen molar-refractivity contribution in [1.82, 2.24) is 15.3 Å². The lowest BCUT2D eigenvalue weighted by atomic mass is 10.5. The summed E-state index contributed by atoms with van der Waals surface area (Å²) in [7, 11) is 1.76. The molecule has 1 amide bonds. The molecular formula is C9H13ClN4O. The number of anilines is 1. The topological polar surface area (TPSA) is 58.1 Å². The number of likely N-dealkylation sites (N-methyl/N-ethyl adjacent to an activating group) is 2. The molecule has 15 heavy (non-hydrogen) atoms. The van der Waals surface area contributed by atoms with Crippen molar-refractivity contribution in [3.63, 3.8) is 0 Å². The highest BCUT2D eigenvalue weighted by Gasteiger charge is 2.07. The number of carbonyl (C=O) groups excluding carboxylic acids is 1. The van der Waals surface area contributed by atoms with Crippen LogP contribution in [-0.2, 0) is 4.79 Å². The quantitative estimate of drug-likeness (QED) is 0.825. The Morgan fingerprint density at radius 3 is 2.93 bits per heavy atom. The van der Waals surface area contributed by atoms with Gasteiger partial charge in [-0.1, -0.05) is 11.6 Å². The van der Waals surface area contributed by atoms with Crippen LogP contribution in [0.3, 0.4) is 0 Å². The van der Waals surface area contributed by atoms with Crippen molar-refractivity contribution in [3.05, 3.63) is 17.5 Å². The molecular weight excluding hydrogens is 216 g/mol. The van der Waals surface area contributed by atoms with Crippen LogP contribution in [0, 0.1) is 0 Å². The van der Waals surface area contributed by atoms with Crippen LogP contribution in [-0.4, -0.2) is 36.0 Å². The lowest BCUT2D eigenvalue weighted by Crippen LogP contribution is -2.35. The summed E-state index contributed by atoms with van der Waals surface area (Å²) in [5.41, 5.74) is 0. The molecule has 0 atom stereocenters. The van der Waals surface area contributed by atoms with Gasteiger partial charge in [0.2, 0.25) is 5.91 Å². The number of halogens is 1. The van der Waals surface area contributed by atoms with Crippen LogP contribution in [0.5, 0.6) is 0 Å². The normalized spacial score (nSPS) is 9.80. The van der Waals surface area contributed by atoms with E-state index < -0.39 is 0 Å². The summed E-state index contributed by atoms with van der Waals surface area (Å²) in [4.78, 5) is 20.9. The Balaban J connectivity index is 2.60. The predicted molar refractivity (Wildman–Crippen MR) is 59.0 cm³/mol. The fraction of sp³-hybridized carbons (Fsp3) is 0.444. The Kier molecular flexibility index (Phi) is 4.30. The molecule has 1 heterocycles. The van der Waals surface area contributed by atoms with Gasteiger partial charge in [-0.25, -0.2) is 4.98 Å². The highest BCUT2D eigenvalue weighted by molar-refractivity contribution is 6.29. The molecule has 0 saturated heterocycles. The fourth-order valence-electron chi connectivity index (χ4n) is 1.07. The van der Waals surface area contributed by atoms with Gasteiger partial charge in [-0.15, -0.1) is 0 Å². The van der Waals surface area contributed by atoms with E-state index in [1.807, 2.05) is 6.92 Å². The smallest absolute Gasteiger partial charge is 0.239 e. The van der Waals surface area contributed by atoms with Crippen LogP contribution in [0.1, 0.15) is 6.92 Å². The molecule has 0 radical (unpaired) electrons. The van der Waals surface area contributed by atoms with Crippen molar-refractivity contribution in [2.45, 2.75) is 6.92 Å². The van der Waals surface area contributed by atoms with Gasteiger partial charge in [-0.3, -0.25) is 9.78 Å². The molecule has 0 fully saturated rings. The zero-order valence-electron chi connectivity index (χ0n) is 8.70. The van der Waals surface area contributed by atoms with E-state index in [4.69, 9.17) is 11.6 Å². The predicted octanol–water partition coefficient (Wildman–Crippen LogP) is 0.702. The average molecular weight is 229 g/mol. The van der Waals surface area contributed by atoms with Crippen LogP contribution in [0.25, 0.3) is 0 Å². The minimum Gasteiger partial charge on any atom is -0.355 e. The highest BCUT2D eigenvalue weighted by Crippen LogP contribution is 2.10. The summed E-state index contributed by atoms with van der Waals surface area (Å²) in [6.07, 6.45) is 3.01. The second kappa shape index (κ2) is 5.50. The molecule has 0 spiro atoms. The monoisotopic (exact) mass is 228 g/mol. The molecule has 1 aromatic rings. The van der Waals surface area contributed by atoms with Gasteiger partial charge >= 0.3 is 0 Å². The Labute approximate surface area is 93.5 Å². The molecule has 0 aliphatic carbocycles. The molecule has 0 aliphatic rings. The van der Waals surface area contributed by atoms with Gasteiger partial charge in [0, 0.05) is 13.6 Å². The third kappa shape index (κ3) is 3.71. The maximum absolute atomic E-state index is 11.3. The summed E-state index contributed by atoms with van der Waals surface area (Å²) in [5, 5.41) is 3.01. The van der Waals surface area contributed by atoms with E-state index in [0.717, 1.165) is 0 Å². The first-order chi connectivity index (χ1) is 7.13. The van der Waals surface area contributed by atoms with Gasteiger partial charge in [-0.05, 0) is 6.92 Å². The van der Waals surface area contributed by atoms with Crippen LogP contribution >= 0.6 is 11.6 Å². The van der Waals surface area contributed by atoms with Crippen LogP contribution in [0.4, 0.5) is 5.82 Å². The van der Waals surface area contributed by atoms with Crippen molar-refractivity contribution >= 4 is 23.3 Å². The van der Waals surface area contributed by atoms with Crippen molar-refractivity contribution < 1.29 is 4.79 Å². The van der Waals surface area contributed by atoms with Gasteiger partial charge < -0.3 is 10.2 Å². The Bertz CT molecular complexity index is 345. The molecule has 6 heteroatoms. The van der Waals surface area contributed by atoms with E-state index in [1.165, 1.54) is 6.20 Å². The molecule has 1 aromatic heterocycles. The van der Waals surface area contributed by atoms with Gasteiger partial charge in [0.25, 0.3) is 0 Å². The summed E-state index contributed by atoms with van der Waals surface area (Å²) >= 11 is 5.69. The van der Waals surface area contributed by atoms with E-state index >= 15 is 0 Å². The maximum Gasteiger partial charge on any atom is 0.239 e. The molecule has 1 rings (SSSR count). The van der Waals surface area contributed by atoms with Crippen LogP contribution in [0.2, 0.25) is 5.15 Å². The van der Waals surface area contributed by atoms with Crippen molar-refractivity contribution in [1.29, 1.82) is 0 Å². The van der Waals surface area contributed by atoms with Gasteiger partial charge in [-0.2, -0.15) is 0 Å². The molecule has 82 valence electrons. The number of amides is 1. The SMILES string of the molecule is CCNC(=O)CN(C)c1cncc(Cl)n1. The number of hydrogen-bond acceptors (Lipinski definition) is 4. The summed E-state index contributed by atoms with van der Waals surface area (Å²) in [6, 6.07) is 0. The Morgan fingerprint density at radius 1 is 1.60 bits per heavy atom. The highest BCUT2D eigenvalue weighted by atomic mass is 35.5. The van der Waals surface area contributed by atoms with Crippen molar-refractivity contribution in [2.75, 3.05) is 25.0 Å². The maximum atomic E-state index is 11.3. The Morgan fingerprint density at radius 2 is 2.33 bits per heavy atom. The summed E-state index contributed by atoms with van der Waals surface area (Å²) in [6.45, 7) is 2.73. The first-order valence-corrected chi connectivity index (χ1v) is 4.96. The van der Waals surface area contributed by atoms with E-state index in [2.05, 4.69) is 15.3 Å². The third-order valence-electron chi connectivity index (χ3n) is 1.74. The second-order valence-corrected chi connectivity index (χ2v) is 3.40. The number of carbonyl (C=O) groups is 1. The molecule has 0 aliphatic heterocycles. The average Bonchev–Trinajstić information content (AvgIpc) is 2.18. The van der Waals surface area contributed by atoms with Crippen molar-refractivity contribution in [2.24, 2.45) is 0 Å². The number of rotatable bonds is 4. The van der Waals surface area contributed by atoms with Crippen LogP contribution in [0.15, 0.2) is 12.4 Å². The fourth-order valence-corrected chi connectivity index (χ4v) is 1.21. The molecule has 0 bridgehead atoms. The first kappa shape index (κ1) is 11.7. The van der Waals surface area contributed by atoms with Crippen molar-refractivity contribution in [3.8, 4) is 0 Å². The van der Waals surface area contributed by atoms with Gasteiger partial charge in [0.15, 0.2) is 0 Å². The minimum atomic E-state index is -0.0539. The largest absolute Gasteiger partial charge is 0.355 e. The van der Waals surface area contributed by atoms with E-state index in [9.17, 15) is 4.79 Å². The van der Waals surface area contributed by atoms with E-state index in [-0.39, 0.29) is 12.5 Å². The van der Waals surface area contributed by atoms with E-state index in [0.29, 0.717) is 17.5 Å². The summed E-state index contributed by atoms with van der Waals surface area (Å²) < 4.78 is 0. The molecule has 1 N–H and O–H groups in total. The van der Waals surface area contributed by atoms with E-state index in [1.54, 1.807) is 18.1 Å². The standard InChI is InChI=1S/C9H13ClN4O/c1-3-12-9(15)6-14(2)8-5-11-4-7(10)13-8/h4-5H,3,6H2,1-2H3,(H,12,15). The first-order valence-electron chi connectivity index (χ1n) is 4.59. The Hall–Kier alpha value is -1.36. The van der Waals surface area contributed by atoms with Crippen LogP contribution < -0.4 is 10.2 Å². The number of nitrogens with zero attached hydrogens (tertiary/aromatic N) is 3. The third-order valence-corrected chi connectivity index (χ3v) is 1.92. The molecule has 0 saturated carbocycles. The second-order valence-electron chi connectivity index (χ2n) is 3.01.